The zero-order valence-electron chi connectivity index (χ0n) is 26.3. The van der Waals surface area contributed by atoms with Crippen molar-refractivity contribution >= 4 is 54.3 Å². The first kappa shape index (κ1) is 27.5. The van der Waals surface area contributed by atoms with Gasteiger partial charge >= 0.3 is 0 Å². The Hall–Kier alpha value is -6.65. The summed E-state index contributed by atoms with van der Waals surface area (Å²) in [6.45, 7) is 0. The molecule has 0 saturated heterocycles. The Balaban J connectivity index is 1.14. The lowest BCUT2D eigenvalue weighted by molar-refractivity contribution is 0.669. The summed E-state index contributed by atoms with van der Waals surface area (Å²) in [4.78, 5) is 14.9. The normalized spacial score (nSPS) is 11.7. The highest BCUT2D eigenvalue weighted by molar-refractivity contribution is 6.21. The minimum atomic E-state index is 0.610. The second-order valence-electron chi connectivity index (χ2n) is 12.4. The van der Waals surface area contributed by atoms with Crippen LogP contribution in [-0.4, -0.2) is 15.0 Å². The number of benzene rings is 8. The second kappa shape index (κ2) is 11.0. The molecule has 0 aliphatic carbocycles. The molecule has 0 radical (unpaired) electrons. The monoisotopic (exact) mass is 625 g/mol. The minimum absolute atomic E-state index is 0.610. The van der Waals surface area contributed by atoms with Crippen LogP contribution in [0.25, 0.3) is 99.5 Å². The molecule has 0 saturated carbocycles. The van der Waals surface area contributed by atoms with Crippen LogP contribution < -0.4 is 0 Å². The number of aromatic nitrogens is 3. The van der Waals surface area contributed by atoms with Gasteiger partial charge in [0, 0.05) is 27.5 Å². The summed E-state index contributed by atoms with van der Waals surface area (Å²) in [6, 6.07) is 57.0. The fraction of sp³-hybridized carbons (Fsp3) is 0. The van der Waals surface area contributed by atoms with Crippen molar-refractivity contribution in [1.82, 2.24) is 15.0 Å². The van der Waals surface area contributed by atoms with Crippen molar-refractivity contribution in [3.05, 3.63) is 164 Å². The summed E-state index contributed by atoms with van der Waals surface area (Å²) in [5, 5.41) is 9.53. The molecule has 8 aromatic carbocycles. The van der Waals surface area contributed by atoms with Gasteiger partial charge < -0.3 is 4.42 Å². The van der Waals surface area contributed by atoms with Crippen molar-refractivity contribution in [2.24, 2.45) is 0 Å². The molecule has 0 fully saturated rings. The fourth-order valence-electron chi connectivity index (χ4n) is 7.13. The highest BCUT2D eigenvalue weighted by Crippen LogP contribution is 2.39. The van der Waals surface area contributed by atoms with Gasteiger partial charge in [-0.3, -0.25) is 0 Å². The van der Waals surface area contributed by atoms with Crippen LogP contribution in [-0.2, 0) is 0 Å². The van der Waals surface area contributed by atoms with E-state index in [1.54, 1.807) is 0 Å². The molecule has 0 unspecified atom stereocenters. The van der Waals surface area contributed by atoms with Crippen LogP contribution in [0.3, 0.4) is 0 Å². The van der Waals surface area contributed by atoms with E-state index in [2.05, 4.69) is 91.0 Å². The third-order valence-electron chi connectivity index (χ3n) is 9.50. The highest BCUT2D eigenvalue weighted by Gasteiger charge is 2.18. The smallest absolute Gasteiger partial charge is 0.164 e. The lowest BCUT2D eigenvalue weighted by Crippen LogP contribution is -2.00. The molecule has 2 aromatic heterocycles. The van der Waals surface area contributed by atoms with Crippen LogP contribution in [0.15, 0.2) is 168 Å². The predicted molar refractivity (Wildman–Crippen MR) is 201 cm³/mol. The summed E-state index contributed by atoms with van der Waals surface area (Å²) in [5.74, 6) is 1.88. The quantitative estimate of drug-likeness (QED) is 0.183. The first-order chi connectivity index (χ1) is 24.3. The van der Waals surface area contributed by atoms with E-state index in [1.165, 1.54) is 32.3 Å². The number of hydrogen-bond acceptors (Lipinski definition) is 4. The number of nitrogens with zero attached hydrogens (tertiary/aromatic N) is 3. The Bertz CT molecular complexity index is 2810. The number of rotatable bonds is 4. The Morgan fingerprint density at radius 3 is 1.67 bits per heavy atom. The molecular weight excluding hydrogens is 599 g/mol. The predicted octanol–water partition coefficient (Wildman–Crippen LogP) is 11.9. The van der Waals surface area contributed by atoms with Gasteiger partial charge in [0.15, 0.2) is 17.5 Å². The molecule has 10 aromatic rings. The Morgan fingerprint density at radius 1 is 0.327 bits per heavy atom. The third-order valence-corrected chi connectivity index (χ3v) is 9.50. The van der Waals surface area contributed by atoms with Crippen molar-refractivity contribution in [2.45, 2.75) is 0 Å². The maximum absolute atomic E-state index is 6.55. The van der Waals surface area contributed by atoms with E-state index < -0.39 is 0 Å². The average Bonchev–Trinajstić information content (AvgIpc) is 3.56. The van der Waals surface area contributed by atoms with Gasteiger partial charge in [0.25, 0.3) is 0 Å². The van der Waals surface area contributed by atoms with E-state index in [1.807, 2.05) is 72.8 Å². The molecule has 0 aliphatic rings. The van der Waals surface area contributed by atoms with E-state index in [4.69, 9.17) is 19.4 Å². The molecule has 10 rings (SSSR count). The lowest BCUT2D eigenvalue weighted by Gasteiger charge is -2.10. The fourth-order valence-corrected chi connectivity index (χ4v) is 7.13. The molecule has 0 spiro atoms. The van der Waals surface area contributed by atoms with Gasteiger partial charge in [0.1, 0.15) is 11.2 Å². The lowest BCUT2D eigenvalue weighted by atomic mass is 9.93. The third kappa shape index (κ3) is 4.57. The second-order valence-corrected chi connectivity index (χ2v) is 12.4. The van der Waals surface area contributed by atoms with Crippen LogP contribution in [0.5, 0.6) is 0 Å². The molecule has 0 N–H and O–H groups in total. The van der Waals surface area contributed by atoms with Gasteiger partial charge in [0.2, 0.25) is 0 Å². The van der Waals surface area contributed by atoms with Crippen molar-refractivity contribution in [2.75, 3.05) is 0 Å². The summed E-state index contributed by atoms with van der Waals surface area (Å²) in [7, 11) is 0. The summed E-state index contributed by atoms with van der Waals surface area (Å²) < 4.78 is 6.55. The first-order valence-corrected chi connectivity index (χ1v) is 16.4. The van der Waals surface area contributed by atoms with Crippen LogP contribution in [0.2, 0.25) is 0 Å². The van der Waals surface area contributed by atoms with Crippen LogP contribution in [0, 0.1) is 0 Å². The Morgan fingerprint density at radius 2 is 0.918 bits per heavy atom. The topological polar surface area (TPSA) is 51.8 Å². The maximum atomic E-state index is 6.55. The Labute approximate surface area is 282 Å². The number of fused-ring (bicyclic) bond motifs is 8. The zero-order chi connectivity index (χ0) is 32.3. The van der Waals surface area contributed by atoms with Crippen LogP contribution >= 0.6 is 0 Å². The number of furan rings is 1. The van der Waals surface area contributed by atoms with E-state index in [-0.39, 0.29) is 0 Å². The van der Waals surface area contributed by atoms with Gasteiger partial charge in [0.05, 0.1) is 0 Å². The van der Waals surface area contributed by atoms with E-state index in [0.29, 0.717) is 17.5 Å². The van der Waals surface area contributed by atoms with E-state index >= 15 is 0 Å². The molecule has 4 nitrogen and oxygen atoms in total. The standard InChI is InChI=1S/C45H27N3O/c1-3-11-31(12-4-1)43-46-44(32-13-5-2-6-14-32)48-45(47-43)37-16-9-17-39-42(37)36-25-24-34(27-40(36)49-39)33-23-20-29-19-22-30-21-18-28-10-7-8-15-35(28)41(30)38(29)26-33/h1-27H. The molecular formula is C45H27N3O. The van der Waals surface area contributed by atoms with Crippen molar-refractivity contribution in [3.8, 4) is 45.3 Å². The zero-order valence-corrected chi connectivity index (χ0v) is 26.3. The largest absolute Gasteiger partial charge is 0.456 e. The molecule has 4 heteroatoms. The van der Waals surface area contributed by atoms with Gasteiger partial charge in [-0.25, -0.2) is 15.0 Å². The Kier molecular flexibility index (Phi) is 6.15. The van der Waals surface area contributed by atoms with Crippen molar-refractivity contribution in [3.63, 3.8) is 0 Å². The molecule has 0 atom stereocenters. The van der Waals surface area contributed by atoms with Gasteiger partial charge in [-0.05, 0) is 67.7 Å². The van der Waals surface area contributed by atoms with Crippen LogP contribution in [0.1, 0.15) is 0 Å². The first-order valence-electron chi connectivity index (χ1n) is 16.4. The van der Waals surface area contributed by atoms with Crippen molar-refractivity contribution < 1.29 is 4.42 Å². The van der Waals surface area contributed by atoms with Crippen molar-refractivity contribution in [1.29, 1.82) is 0 Å². The van der Waals surface area contributed by atoms with Gasteiger partial charge in [-0.2, -0.15) is 0 Å². The molecule has 0 amide bonds. The maximum Gasteiger partial charge on any atom is 0.164 e. The molecule has 0 bridgehead atoms. The summed E-state index contributed by atoms with van der Waals surface area (Å²) in [6.07, 6.45) is 0. The van der Waals surface area contributed by atoms with Crippen LogP contribution in [0.4, 0.5) is 0 Å². The highest BCUT2D eigenvalue weighted by atomic mass is 16.3. The molecule has 49 heavy (non-hydrogen) atoms. The average molecular weight is 626 g/mol. The molecule has 228 valence electrons. The number of hydrogen-bond donors (Lipinski definition) is 0. The van der Waals surface area contributed by atoms with E-state index in [0.717, 1.165) is 49.8 Å². The SMILES string of the molecule is c1ccc(-c2nc(-c3ccccc3)nc(-c3cccc4oc5cc(-c6ccc7ccc8ccc9ccccc9c8c7c6)ccc5c34)n2)cc1. The minimum Gasteiger partial charge on any atom is -0.456 e. The molecule has 0 aliphatic heterocycles. The van der Waals surface area contributed by atoms with E-state index in [9.17, 15) is 0 Å². The molecule has 2 heterocycles. The summed E-state index contributed by atoms with van der Waals surface area (Å²) in [5.41, 5.74) is 6.65. The van der Waals surface area contributed by atoms with Gasteiger partial charge in [-0.15, -0.1) is 0 Å². The van der Waals surface area contributed by atoms with Gasteiger partial charge in [-0.1, -0.05) is 140 Å². The summed E-state index contributed by atoms with van der Waals surface area (Å²) >= 11 is 0.